The van der Waals surface area contributed by atoms with Crippen LogP contribution < -0.4 is 5.32 Å². The van der Waals surface area contributed by atoms with E-state index >= 15 is 0 Å². The molecule has 2 heterocycles. The number of esters is 1. The van der Waals surface area contributed by atoms with Crippen molar-refractivity contribution in [3.63, 3.8) is 0 Å². The number of nitrogens with zero attached hydrogens (tertiary/aromatic N) is 2. The molecule has 2 amide bonds. The van der Waals surface area contributed by atoms with Gasteiger partial charge in [-0.3, -0.25) is 14.4 Å². The Morgan fingerprint density at radius 1 is 1.12 bits per heavy atom. The number of hydrogen-bond acceptors (Lipinski definition) is 6. The lowest BCUT2D eigenvalue weighted by Gasteiger charge is -2.31. The normalized spacial score (nSPS) is 14.3. The summed E-state index contributed by atoms with van der Waals surface area (Å²) < 4.78 is 4.92. The lowest BCUT2D eigenvalue weighted by Crippen LogP contribution is -2.41. The van der Waals surface area contributed by atoms with Gasteiger partial charge in [0.2, 0.25) is 5.91 Å². The van der Waals surface area contributed by atoms with Crippen molar-refractivity contribution in [1.82, 2.24) is 9.88 Å². The molecule has 0 spiro atoms. The quantitative estimate of drug-likeness (QED) is 0.575. The largest absolute Gasteiger partial charge is 0.466 e. The molecule has 1 N–H and O–H groups in total. The van der Waals surface area contributed by atoms with Crippen LogP contribution in [0, 0.1) is 5.92 Å². The third kappa shape index (κ3) is 4.96. The maximum Gasteiger partial charge on any atom is 0.311 e. The summed E-state index contributed by atoms with van der Waals surface area (Å²) in [6.45, 7) is 3.15. The van der Waals surface area contributed by atoms with Crippen LogP contribution in [-0.4, -0.2) is 47.4 Å². The van der Waals surface area contributed by atoms with E-state index in [9.17, 15) is 14.4 Å². The Labute approximate surface area is 190 Å². The number of nitrogens with one attached hydrogen (secondary N) is 1. The highest BCUT2D eigenvalue weighted by Crippen LogP contribution is 2.25. The van der Waals surface area contributed by atoms with Gasteiger partial charge >= 0.3 is 5.97 Å². The number of fused-ring (bicyclic) bond motifs is 1. The van der Waals surface area contributed by atoms with Crippen LogP contribution in [0.25, 0.3) is 10.8 Å². The number of rotatable bonds is 6. The van der Waals surface area contributed by atoms with E-state index in [0.717, 1.165) is 10.8 Å². The van der Waals surface area contributed by atoms with E-state index in [4.69, 9.17) is 4.74 Å². The summed E-state index contributed by atoms with van der Waals surface area (Å²) in [7, 11) is 0. The van der Waals surface area contributed by atoms with Crippen LogP contribution >= 0.6 is 11.3 Å². The van der Waals surface area contributed by atoms with Gasteiger partial charge in [-0.2, -0.15) is 0 Å². The van der Waals surface area contributed by atoms with Gasteiger partial charge in [-0.15, -0.1) is 11.3 Å². The highest BCUT2D eigenvalue weighted by atomic mass is 32.1. The predicted octanol–water partition coefficient (Wildman–Crippen LogP) is 3.89. The lowest BCUT2D eigenvalue weighted by atomic mass is 9.95. The van der Waals surface area contributed by atoms with Crippen molar-refractivity contribution in [2.24, 2.45) is 5.92 Å². The van der Waals surface area contributed by atoms with Crippen molar-refractivity contribution in [2.75, 3.05) is 25.0 Å². The monoisotopic (exact) mass is 451 g/mol. The number of hydrogen-bond donors (Lipinski definition) is 1. The zero-order valence-electron chi connectivity index (χ0n) is 17.9. The van der Waals surface area contributed by atoms with Crippen LogP contribution in [-0.2, 0) is 20.7 Å². The second-order valence-corrected chi connectivity index (χ2v) is 8.57. The first-order valence-electron chi connectivity index (χ1n) is 10.7. The van der Waals surface area contributed by atoms with Gasteiger partial charge in [-0.25, -0.2) is 4.98 Å². The van der Waals surface area contributed by atoms with Gasteiger partial charge in [0.05, 0.1) is 18.7 Å². The Hall–Kier alpha value is -3.26. The van der Waals surface area contributed by atoms with Gasteiger partial charge in [-0.05, 0) is 36.6 Å². The lowest BCUT2D eigenvalue weighted by molar-refractivity contribution is -0.142. The van der Waals surface area contributed by atoms with Gasteiger partial charge in [0, 0.05) is 30.0 Å². The number of thiazole rings is 1. The summed E-state index contributed by atoms with van der Waals surface area (Å²) in [4.78, 5) is 43.5. The number of aromatic nitrogens is 1. The molecule has 0 radical (unpaired) electrons. The third-order valence-corrected chi connectivity index (χ3v) is 6.39. The van der Waals surface area contributed by atoms with Crippen LogP contribution in [0.2, 0.25) is 0 Å². The zero-order chi connectivity index (χ0) is 22.5. The first-order chi connectivity index (χ1) is 15.5. The standard InChI is InChI=1S/C24H25N3O4S/c1-2-31-21(28)14-18-15-32-24(25-18)26-22(29)17-10-12-27(13-11-17)23(30)20-9-5-7-16-6-3-4-8-19(16)20/h3-9,15,17H,2,10-14H2,1H3,(H,25,26,29). The maximum atomic E-state index is 13.1. The number of carbonyl (C=O) groups excluding carboxylic acids is 3. The van der Waals surface area contributed by atoms with Crippen LogP contribution in [0.5, 0.6) is 0 Å². The Balaban J connectivity index is 1.32. The van der Waals surface area contributed by atoms with Crippen molar-refractivity contribution in [3.05, 3.63) is 59.1 Å². The minimum absolute atomic E-state index is 0.00388. The molecule has 166 valence electrons. The molecule has 1 fully saturated rings. The Morgan fingerprint density at radius 3 is 2.66 bits per heavy atom. The summed E-state index contributed by atoms with van der Waals surface area (Å²) in [5.74, 6) is -0.605. The molecule has 0 unspecified atom stereocenters. The smallest absolute Gasteiger partial charge is 0.311 e. The van der Waals surface area contributed by atoms with Crippen LogP contribution in [0.1, 0.15) is 35.8 Å². The number of piperidine rings is 1. The third-order valence-electron chi connectivity index (χ3n) is 5.59. The summed E-state index contributed by atoms with van der Waals surface area (Å²) in [6, 6.07) is 13.6. The molecular weight excluding hydrogens is 426 g/mol. The second-order valence-electron chi connectivity index (χ2n) is 7.71. The SMILES string of the molecule is CCOC(=O)Cc1csc(NC(=O)C2CCN(C(=O)c3cccc4ccccc34)CC2)n1. The van der Waals surface area contributed by atoms with E-state index < -0.39 is 0 Å². The van der Waals surface area contributed by atoms with Gasteiger partial charge in [0.15, 0.2) is 5.13 Å². The van der Waals surface area contributed by atoms with Gasteiger partial charge in [-0.1, -0.05) is 36.4 Å². The van der Waals surface area contributed by atoms with Crippen LogP contribution in [0.3, 0.4) is 0 Å². The average molecular weight is 452 g/mol. The number of carbonyl (C=O) groups is 3. The molecule has 2 aromatic carbocycles. The number of anilines is 1. The fraction of sp³-hybridized carbons (Fsp3) is 0.333. The molecule has 0 bridgehead atoms. The number of benzene rings is 2. The van der Waals surface area contributed by atoms with Gasteiger partial charge < -0.3 is 15.0 Å². The molecule has 1 aliphatic heterocycles. The van der Waals surface area contributed by atoms with Crippen molar-refractivity contribution in [1.29, 1.82) is 0 Å². The summed E-state index contributed by atoms with van der Waals surface area (Å²) in [5, 5.41) is 7.06. The minimum atomic E-state index is -0.334. The summed E-state index contributed by atoms with van der Waals surface area (Å²) >= 11 is 1.29. The first-order valence-corrected chi connectivity index (χ1v) is 11.6. The van der Waals surface area contributed by atoms with Gasteiger partial charge in [0.1, 0.15) is 0 Å². The predicted molar refractivity (Wildman–Crippen MR) is 124 cm³/mol. The highest BCUT2D eigenvalue weighted by molar-refractivity contribution is 7.13. The molecule has 1 aromatic heterocycles. The van der Waals surface area contributed by atoms with Crippen molar-refractivity contribution in [3.8, 4) is 0 Å². The zero-order valence-corrected chi connectivity index (χ0v) is 18.7. The Morgan fingerprint density at radius 2 is 1.88 bits per heavy atom. The highest BCUT2D eigenvalue weighted by Gasteiger charge is 2.29. The number of likely N-dealkylation sites (tertiary alicyclic amines) is 1. The maximum absolute atomic E-state index is 13.1. The number of amides is 2. The fourth-order valence-corrected chi connectivity index (χ4v) is 4.65. The van der Waals surface area contributed by atoms with E-state index in [-0.39, 0.29) is 30.1 Å². The van der Waals surface area contributed by atoms with Crippen molar-refractivity contribution >= 4 is 45.0 Å². The Bertz CT molecular complexity index is 1130. The van der Waals surface area contributed by atoms with Crippen LogP contribution in [0.15, 0.2) is 47.8 Å². The summed E-state index contributed by atoms with van der Waals surface area (Å²) in [5.41, 5.74) is 1.28. The molecule has 8 heteroatoms. The molecule has 1 saturated heterocycles. The van der Waals surface area contributed by atoms with E-state index in [1.807, 2.05) is 47.4 Å². The molecule has 3 aromatic rings. The Kier molecular flexibility index (Phi) is 6.80. The molecular formula is C24H25N3O4S. The van der Waals surface area contributed by atoms with E-state index in [1.165, 1.54) is 11.3 Å². The molecule has 32 heavy (non-hydrogen) atoms. The molecule has 0 saturated carbocycles. The second kappa shape index (κ2) is 9.91. The number of ether oxygens (including phenoxy) is 1. The molecule has 7 nitrogen and oxygen atoms in total. The van der Waals surface area contributed by atoms with E-state index in [1.54, 1.807) is 12.3 Å². The molecule has 0 atom stereocenters. The molecule has 1 aliphatic rings. The van der Waals surface area contributed by atoms with Gasteiger partial charge in [0.25, 0.3) is 5.91 Å². The van der Waals surface area contributed by atoms with E-state index in [0.29, 0.717) is 48.9 Å². The summed E-state index contributed by atoms with van der Waals surface area (Å²) in [6.07, 6.45) is 1.29. The van der Waals surface area contributed by atoms with Crippen LogP contribution in [0.4, 0.5) is 5.13 Å². The minimum Gasteiger partial charge on any atom is -0.466 e. The first kappa shape index (κ1) is 22.0. The van der Waals surface area contributed by atoms with Crippen molar-refractivity contribution < 1.29 is 19.1 Å². The topological polar surface area (TPSA) is 88.6 Å². The molecule has 0 aliphatic carbocycles. The fourth-order valence-electron chi connectivity index (χ4n) is 3.94. The average Bonchev–Trinajstić information content (AvgIpc) is 3.24. The van der Waals surface area contributed by atoms with Crippen molar-refractivity contribution in [2.45, 2.75) is 26.2 Å². The molecule has 4 rings (SSSR count). The van der Waals surface area contributed by atoms with E-state index in [2.05, 4.69) is 10.3 Å².